The maximum Gasteiger partial charge on any atom is 0.273 e. The third kappa shape index (κ3) is 4.99. The van der Waals surface area contributed by atoms with E-state index in [2.05, 4.69) is 20.5 Å². The fraction of sp³-hybridized carbons (Fsp3) is 0.0556. The Bertz CT molecular complexity index is 948. The molecule has 8 nitrogen and oxygen atoms in total. The zero-order chi connectivity index (χ0) is 18.5. The monoisotopic (exact) mass is 386 g/mol. The smallest absolute Gasteiger partial charge is 0.273 e. The Kier molecular flexibility index (Phi) is 6.40. The van der Waals surface area contributed by atoms with E-state index in [-0.39, 0.29) is 24.3 Å². The highest BCUT2D eigenvalue weighted by molar-refractivity contribution is 6.03. The van der Waals surface area contributed by atoms with E-state index in [4.69, 9.17) is 16.2 Å². The molecule has 27 heavy (non-hydrogen) atoms. The van der Waals surface area contributed by atoms with Crippen molar-refractivity contribution in [2.24, 2.45) is 16.5 Å². The van der Waals surface area contributed by atoms with E-state index in [1.54, 1.807) is 49.6 Å². The minimum Gasteiger partial charge on any atom is -0.497 e. The summed E-state index contributed by atoms with van der Waals surface area (Å²) >= 11 is 0. The van der Waals surface area contributed by atoms with Gasteiger partial charge in [0.2, 0.25) is 0 Å². The molecule has 0 saturated heterocycles. The first-order chi connectivity index (χ1) is 12.5. The van der Waals surface area contributed by atoms with Gasteiger partial charge < -0.3 is 21.5 Å². The number of aromatic nitrogens is 2. The molecule has 0 radical (unpaired) electrons. The number of carbonyl (C=O) groups excluding carboxylic acids is 1. The van der Waals surface area contributed by atoms with Crippen LogP contribution in [0.4, 0.5) is 11.4 Å². The standard InChI is InChI=1S/C18H18N6O2.ClH/c1-26-14-4-2-3-13(9-14)21-17(25)16-10-15(23-24-16)11-5-7-12(8-6-11)22-18(19)20;/h2-10H,1H3,(H,21,25)(H,23,24)(H4,19,20,22);1H. The summed E-state index contributed by atoms with van der Waals surface area (Å²) in [6.45, 7) is 0. The number of aromatic amines is 1. The van der Waals surface area contributed by atoms with E-state index in [9.17, 15) is 4.79 Å². The molecule has 1 aromatic heterocycles. The van der Waals surface area contributed by atoms with Gasteiger partial charge in [-0.3, -0.25) is 9.89 Å². The maximum atomic E-state index is 12.4. The first-order valence-corrected chi connectivity index (χ1v) is 7.76. The minimum atomic E-state index is -0.297. The SMILES string of the molecule is COc1cccc(NC(=O)c2cc(-c3ccc(N=C(N)N)cc3)n[nH]2)c1.Cl. The Morgan fingerprint density at radius 2 is 1.89 bits per heavy atom. The second-order valence-corrected chi connectivity index (χ2v) is 5.44. The summed E-state index contributed by atoms with van der Waals surface area (Å²) in [7, 11) is 1.57. The lowest BCUT2D eigenvalue weighted by Gasteiger charge is -2.05. The molecule has 140 valence electrons. The number of hydrogen-bond acceptors (Lipinski definition) is 4. The van der Waals surface area contributed by atoms with Crippen molar-refractivity contribution < 1.29 is 9.53 Å². The zero-order valence-corrected chi connectivity index (χ0v) is 15.3. The molecule has 0 atom stereocenters. The van der Waals surface area contributed by atoms with E-state index in [1.165, 1.54) is 0 Å². The van der Waals surface area contributed by atoms with Crippen LogP contribution in [0.25, 0.3) is 11.3 Å². The van der Waals surface area contributed by atoms with Crippen molar-refractivity contribution >= 4 is 35.6 Å². The van der Waals surface area contributed by atoms with Gasteiger partial charge in [0.15, 0.2) is 5.96 Å². The highest BCUT2D eigenvalue weighted by atomic mass is 35.5. The van der Waals surface area contributed by atoms with E-state index in [1.807, 2.05) is 12.1 Å². The number of guanidine groups is 1. The third-order valence-corrected chi connectivity index (χ3v) is 3.57. The highest BCUT2D eigenvalue weighted by Gasteiger charge is 2.12. The van der Waals surface area contributed by atoms with Crippen molar-refractivity contribution in [2.75, 3.05) is 12.4 Å². The van der Waals surface area contributed by atoms with E-state index < -0.39 is 0 Å². The van der Waals surface area contributed by atoms with Crippen LogP contribution in [0, 0.1) is 0 Å². The summed E-state index contributed by atoms with van der Waals surface area (Å²) in [6.07, 6.45) is 0. The quantitative estimate of drug-likeness (QED) is 0.395. The van der Waals surface area contributed by atoms with Gasteiger partial charge in [0.25, 0.3) is 5.91 Å². The molecule has 6 N–H and O–H groups in total. The number of anilines is 1. The second kappa shape index (κ2) is 8.72. The molecule has 0 fully saturated rings. The van der Waals surface area contributed by atoms with Gasteiger partial charge in [0, 0.05) is 17.3 Å². The average molecular weight is 387 g/mol. The predicted molar refractivity (Wildman–Crippen MR) is 108 cm³/mol. The van der Waals surface area contributed by atoms with Crippen LogP contribution in [-0.4, -0.2) is 29.2 Å². The molecule has 9 heteroatoms. The summed E-state index contributed by atoms with van der Waals surface area (Å²) in [6, 6.07) is 16.0. The predicted octanol–water partition coefficient (Wildman–Crippen LogP) is 2.66. The van der Waals surface area contributed by atoms with E-state index in [0.717, 1.165) is 5.56 Å². The van der Waals surface area contributed by atoms with Gasteiger partial charge in [0.05, 0.1) is 18.5 Å². The van der Waals surface area contributed by atoms with Gasteiger partial charge in [-0.15, -0.1) is 12.4 Å². The fourth-order valence-corrected chi connectivity index (χ4v) is 2.34. The molecule has 0 aliphatic rings. The highest BCUT2D eigenvalue weighted by Crippen LogP contribution is 2.22. The van der Waals surface area contributed by atoms with Crippen molar-refractivity contribution in [3.05, 3.63) is 60.3 Å². The molecule has 2 aromatic carbocycles. The number of halogens is 1. The van der Waals surface area contributed by atoms with Gasteiger partial charge in [-0.2, -0.15) is 5.10 Å². The summed E-state index contributed by atoms with van der Waals surface area (Å²) in [5, 5.41) is 9.71. The molecule has 0 unspecified atom stereocenters. The Balaban J connectivity index is 0.00000261. The van der Waals surface area contributed by atoms with Crippen molar-refractivity contribution in [1.29, 1.82) is 0 Å². The summed E-state index contributed by atoms with van der Waals surface area (Å²) < 4.78 is 5.14. The van der Waals surface area contributed by atoms with Crippen molar-refractivity contribution in [1.82, 2.24) is 10.2 Å². The lowest BCUT2D eigenvalue weighted by molar-refractivity contribution is 0.102. The maximum absolute atomic E-state index is 12.4. The first kappa shape index (κ1) is 19.8. The number of aliphatic imine (C=N–C) groups is 1. The van der Waals surface area contributed by atoms with Crippen LogP contribution >= 0.6 is 12.4 Å². The lowest BCUT2D eigenvalue weighted by atomic mass is 10.1. The topological polar surface area (TPSA) is 131 Å². The number of carbonyl (C=O) groups is 1. The molecule has 1 amide bonds. The normalized spacial score (nSPS) is 9.81. The lowest BCUT2D eigenvalue weighted by Crippen LogP contribution is -2.21. The number of rotatable bonds is 5. The zero-order valence-electron chi connectivity index (χ0n) is 14.5. The van der Waals surface area contributed by atoms with Crippen LogP contribution in [-0.2, 0) is 0 Å². The van der Waals surface area contributed by atoms with Crippen LogP contribution in [0.15, 0.2) is 59.6 Å². The molecule has 3 rings (SSSR count). The summed E-state index contributed by atoms with van der Waals surface area (Å²) in [5.74, 6) is 0.358. The molecular weight excluding hydrogens is 368 g/mol. The van der Waals surface area contributed by atoms with Gasteiger partial charge in [-0.25, -0.2) is 4.99 Å². The van der Waals surface area contributed by atoms with Crippen LogP contribution in [0.5, 0.6) is 5.75 Å². The summed E-state index contributed by atoms with van der Waals surface area (Å²) in [4.78, 5) is 16.3. The summed E-state index contributed by atoms with van der Waals surface area (Å²) in [5.41, 5.74) is 13.8. The van der Waals surface area contributed by atoms with Crippen LogP contribution in [0.3, 0.4) is 0 Å². The number of nitrogens with two attached hydrogens (primary N) is 2. The van der Waals surface area contributed by atoms with Crippen molar-refractivity contribution in [3.63, 3.8) is 0 Å². The van der Waals surface area contributed by atoms with Crippen LogP contribution in [0.2, 0.25) is 0 Å². The van der Waals surface area contributed by atoms with Gasteiger partial charge in [-0.1, -0.05) is 18.2 Å². The van der Waals surface area contributed by atoms with Gasteiger partial charge in [0.1, 0.15) is 11.4 Å². The Hall–Kier alpha value is -3.52. The number of nitrogens with one attached hydrogen (secondary N) is 2. The van der Waals surface area contributed by atoms with Gasteiger partial charge in [-0.05, 0) is 30.3 Å². The molecule has 0 bridgehead atoms. The molecule has 1 heterocycles. The number of H-pyrrole nitrogens is 1. The number of hydrogen-bond donors (Lipinski definition) is 4. The van der Waals surface area contributed by atoms with E-state index >= 15 is 0 Å². The number of nitrogens with zero attached hydrogens (tertiary/aromatic N) is 2. The number of amides is 1. The van der Waals surface area contributed by atoms with Crippen molar-refractivity contribution in [2.45, 2.75) is 0 Å². The van der Waals surface area contributed by atoms with E-state index in [0.29, 0.717) is 28.5 Å². The molecular formula is C18H19ClN6O2. The molecule has 0 aliphatic heterocycles. The number of ether oxygens (including phenoxy) is 1. The minimum absolute atomic E-state index is 0. The largest absolute Gasteiger partial charge is 0.497 e. The first-order valence-electron chi connectivity index (χ1n) is 7.76. The average Bonchev–Trinajstić information content (AvgIpc) is 3.12. The Labute approximate surface area is 162 Å². The number of methoxy groups -OCH3 is 1. The molecule has 0 aliphatic carbocycles. The fourth-order valence-electron chi connectivity index (χ4n) is 2.34. The van der Waals surface area contributed by atoms with Crippen LogP contribution < -0.4 is 21.5 Å². The van der Waals surface area contributed by atoms with Gasteiger partial charge >= 0.3 is 0 Å². The Morgan fingerprint density at radius 3 is 2.56 bits per heavy atom. The molecule has 0 spiro atoms. The Morgan fingerprint density at radius 1 is 1.15 bits per heavy atom. The third-order valence-electron chi connectivity index (χ3n) is 3.57. The van der Waals surface area contributed by atoms with Crippen LogP contribution in [0.1, 0.15) is 10.5 Å². The van der Waals surface area contributed by atoms with Crippen molar-refractivity contribution in [3.8, 4) is 17.0 Å². The molecule has 0 saturated carbocycles. The second-order valence-electron chi connectivity index (χ2n) is 5.44. The molecule has 3 aromatic rings. The number of benzene rings is 2.